The SMILES string of the molecule is CN(CC1CC1)S(=O)(=O)c1c(F)cc(F)cc1Br. The lowest BCUT2D eigenvalue weighted by atomic mass is 10.3. The van der Waals surface area contributed by atoms with Crippen molar-refractivity contribution in [1.29, 1.82) is 0 Å². The van der Waals surface area contributed by atoms with E-state index in [9.17, 15) is 17.2 Å². The zero-order valence-electron chi connectivity index (χ0n) is 9.66. The Morgan fingerprint density at radius 2 is 2.00 bits per heavy atom. The number of hydrogen-bond donors (Lipinski definition) is 0. The molecule has 0 amide bonds. The van der Waals surface area contributed by atoms with E-state index in [1.54, 1.807) is 0 Å². The van der Waals surface area contributed by atoms with Crippen molar-refractivity contribution in [3.05, 3.63) is 28.2 Å². The minimum absolute atomic E-state index is 0.0948. The molecule has 0 unspecified atom stereocenters. The third kappa shape index (κ3) is 2.73. The van der Waals surface area contributed by atoms with Gasteiger partial charge in [0.2, 0.25) is 10.0 Å². The van der Waals surface area contributed by atoms with Crippen LogP contribution in [0.5, 0.6) is 0 Å². The Morgan fingerprint density at radius 1 is 1.39 bits per heavy atom. The van der Waals surface area contributed by atoms with Crippen LogP contribution in [0, 0.1) is 17.6 Å². The molecule has 0 N–H and O–H groups in total. The normalized spacial score (nSPS) is 16.3. The molecule has 0 radical (unpaired) electrons. The lowest BCUT2D eigenvalue weighted by Gasteiger charge is -2.18. The first-order chi connectivity index (χ1) is 8.32. The Balaban J connectivity index is 2.39. The zero-order valence-corrected chi connectivity index (χ0v) is 12.1. The van der Waals surface area contributed by atoms with E-state index in [-0.39, 0.29) is 4.47 Å². The number of rotatable bonds is 4. The summed E-state index contributed by atoms with van der Waals surface area (Å²) in [5.41, 5.74) is 0. The Bertz CT molecular complexity index is 549. The van der Waals surface area contributed by atoms with Gasteiger partial charge in [0.25, 0.3) is 0 Å². The van der Waals surface area contributed by atoms with Crippen LogP contribution in [0.15, 0.2) is 21.5 Å². The summed E-state index contributed by atoms with van der Waals surface area (Å²) in [6, 6.07) is 1.52. The van der Waals surface area contributed by atoms with Crippen molar-refractivity contribution in [2.45, 2.75) is 17.7 Å². The van der Waals surface area contributed by atoms with E-state index in [0.29, 0.717) is 18.5 Å². The molecule has 1 aliphatic carbocycles. The molecule has 1 aliphatic rings. The van der Waals surface area contributed by atoms with Gasteiger partial charge in [-0.1, -0.05) is 0 Å². The number of nitrogens with zero attached hydrogens (tertiary/aromatic N) is 1. The molecule has 1 saturated carbocycles. The number of hydrogen-bond acceptors (Lipinski definition) is 2. The summed E-state index contributed by atoms with van der Waals surface area (Å²) in [6.45, 7) is 0.367. The van der Waals surface area contributed by atoms with Gasteiger partial charge in [-0.3, -0.25) is 0 Å². The molecule has 1 aromatic rings. The quantitative estimate of drug-likeness (QED) is 0.845. The summed E-state index contributed by atoms with van der Waals surface area (Å²) in [5, 5.41) is 0. The molecule has 0 saturated heterocycles. The fourth-order valence-electron chi connectivity index (χ4n) is 1.69. The fraction of sp³-hybridized carbons (Fsp3) is 0.455. The van der Waals surface area contributed by atoms with Gasteiger partial charge in [0.1, 0.15) is 16.5 Å². The number of benzene rings is 1. The first-order valence-electron chi connectivity index (χ1n) is 5.43. The standard InChI is InChI=1S/C11H12BrF2NO2S/c1-15(6-7-2-3-7)18(16,17)11-9(12)4-8(13)5-10(11)14/h4-5,7H,2-3,6H2,1H3. The van der Waals surface area contributed by atoms with E-state index >= 15 is 0 Å². The topological polar surface area (TPSA) is 37.4 Å². The van der Waals surface area contributed by atoms with E-state index in [0.717, 1.165) is 23.2 Å². The van der Waals surface area contributed by atoms with E-state index in [4.69, 9.17) is 0 Å². The summed E-state index contributed by atoms with van der Waals surface area (Å²) in [7, 11) is -2.52. The minimum Gasteiger partial charge on any atom is -0.207 e. The molecule has 1 fully saturated rings. The lowest BCUT2D eigenvalue weighted by Crippen LogP contribution is -2.30. The molecule has 2 rings (SSSR count). The van der Waals surface area contributed by atoms with Crippen LogP contribution in [0.3, 0.4) is 0 Å². The average Bonchev–Trinajstić information content (AvgIpc) is 2.98. The predicted molar refractivity (Wildman–Crippen MR) is 66.6 cm³/mol. The Kier molecular flexibility index (Phi) is 3.75. The highest BCUT2D eigenvalue weighted by molar-refractivity contribution is 9.10. The van der Waals surface area contributed by atoms with Crippen LogP contribution in [-0.2, 0) is 10.0 Å². The minimum atomic E-state index is -3.93. The Labute approximate surface area is 113 Å². The second-order valence-electron chi connectivity index (χ2n) is 4.43. The summed E-state index contributed by atoms with van der Waals surface area (Å²) in [6.07, 6.45) is 1.99. The van der Waals surface area contributed by atoms with Crippen molar-refractivity contribution >= 4 is 26.0 Å². The van der Waals surface area contributed by atoms with Gasteiger partial charge >= 0.3 is 0 Å². The van der Waals surface area contributed by atoms with Crippen LogP contribution in [0.25, 0.3) is 0 Å². The van der Waals surface area contributed by atoms with Crippen LogP contribution >= 0.6 is 15.9 Å². The van der Waals surface area contributed by atoms with Crippen LogP contribution < -0.4 is 0 Å². The Hall–Kier alpha value is -0.530. The van der Waals surface area contributed by atoms with Crippen molar-refractivity contribution in [2.75, 3.05) is 13.6 Å². The highest BCUT2D eigenvalue weighted by Crippen LogP contribution is 2.33. The molecule has 0 aromatic heterocycles. The number of halogens is 3. The van der Waals surface area contributed by atoms with Crippen molar-refractivity contribution < 1.29 is 17.2 Å². The van der Waals surface area contributed by atoms with Gasteiger partial charge in [0, 0.05) is 24.1 Å². The molecule has 0 aliphatic heterocycles. The highest BCUT2D eigenvalue weighted by Gasteiger charge is 2.32. The Morgan fingerprint density at radius 3 is 2.50 bits per heavy atom. The summed E-state index contributed by atoms with van der Waals surface area (Å²) in [5.74, 6) is -1.54. The molecular weight excluding hydrogens is 328 g/mol. The van der Waals surface area contributed by atoms with Crippen molar-refractivity contribution in [3.8, 4) is 0 Å². The van der Waals surface area contributed by atoms with Crippen LogP contribution in [-0.4, -0.2) is 26.3 Å². The smallest absolute Gasteiger partial charge is 0.207 e. The molecule has 100 valence electrons. The molecule has 7 heteroatoms. The van der Waals surface area contributed by atoms with Crippen molar-refractivity contribution in [1.82, 2.24) is 4.31 Å². The van der Waals surface area contributed by atoms with Gasteiger partial charge in [0.05, 0.1) is 0 Å². The first kappa shape index (κ1) is 13.9. The zero-order chi connectivity index (χ0) is 13.5. The molecule has 0 spiro atoms. The molecule has 0 bridgehead atoms. The fourth-order valence-corrected chi connectivity index (χ4v) is 4.04. The lowest BCUT2D eigenvalue weighted by molar-refractivity contribution is 0.446. The monoisotopic (exact) mass is 339 g/mol. The first-order valence-corrected chi connectivity index (χ1v) is 7.66. The van der Waals surface area contributed by atoms with Crippen molar-refractivity contribution in [3.63, 3.8) is 0 Å². The summed E-state index contributed by atoms with van der Waals surface area (Å²) >= 11 is 2.90. The number of sulfonamides is 1. The molecule has 18 heavy (non-hydrogen) atoms. The highest BCUT2D eigenvalue weighted by atomic mass is 79.9. The van der Waals surface area contributed by atoms with Gasteiger partial charge in [-0.25, -0.2) is 21.5 Å². The van der Waals surface area contributed by atoms with Crippen LogP contribution in [0.4, 0.5) is 8.78 Å². The predicted octanol–water partition coefficient (Wildman–Crippen LogP) is 2.76. The summed E-state index contributed by atoms with van der Waals surface area (Å²) in [4.78, 5) is -0.507. The third-order valence-electron chi connectivity index (χ3n) is 2.84. The molecule has 3 nitrogen and oxygen atoms in total. The molecule has 0 atom stereocenters. The van der Waals surface area contributed by atoms with Gasteiger partial charge in [0.15, 0.2) is 0 Å². The van der Waals surface area contributed by atoms with E-state index in [2.05, 4.69) is 15.9 Å². The summed E-state index contributed by atoms with van der Waals surface area (Å²) < 4.78 is 52.0. The van der Waals surface area contributed by atoms with E-state index < -0.39 is 26.6 Å². The average molecular weight is 340 g/mol. The maximum absolute atomic E-state index is 13.6. The van der Waals surface area contributed by atoms with E-state index in [1.807, 2.05) is 0 Å². The van der Waals surface area contributed by atoms with Crippen LogP contribution in [0.2, 0.25) is 0 Å². The van der Waals surface area contributed by atoms with Gasteiger partial charge in [-0.2, -0.15) is 0 Å². The maximum atomic E-state index is 13.6. The van der Waals surface area contributed by atoms with Crippen LogP contribution in [0.1, 0.15) is 12.8 Å². The molecular formula is C11H12BrF2NO2S. The van der Waals surface area contributed by atoms with E-state index in [1.165, 1.54) is 7.05 Å². The molecule has 0 heterocycles. The van der Waals surface area contributed by atoms with Crippen molar-refractivity contribution in [2.24, 2.45) is 5.92 Å². The van der Waals surface area contributed by atoms with Gasteiger partial charge in [-0.15, -0.1) is 0 Å². The second-order valence-corrected chi connectivity index (χ2v) is 7.26. The van der Waals surface area contributed by atoms with Gasteiger partial charge in [-0.05, 0) is 40.8 Å². The third-order valence-corrected chi connectivity index (χ3v) is 5.63. The largest absolute Gasteiger partial charge is 0.246 e. The molecule has 1 aromatic carbocycles. The maximum Gasteiger partial charge on any atom is 0.246 e. The second kappa shape index (κ2) is 4.86. The van der Waals surface area contributed by atoms with Gasteiger partial charge < -0.3 is 0 Å².